The van der Waals surface area contributed by atoms with Crippen LogP contribution < -0.4 is 0 Å². The van der Waals surface area contributed by atoms with Crippen LogP contribution in [0.15, 0.2) is 52.9 Å². The van der Waals surface area contributed by atoms with Crippen molar-refractivity contribution in [2.75, 3.05) is 0 Å². The summed E-state index contributed by atoms with van der Waals surface area (Å²) in [7, 11) is 0. The zero-order chi connectivity index (χ0) is 13.4. The SMILES string of the molecule is Cc1ccc(C(Cl)c2c(C)ccc3ccccc23)o1. The highest BCUT2D eigenvalue weighted by Crippen LogP contribution is 2.36. The van der Waals surface area contributed by atoms with Crippen LogP contribution in [0.3, 0.4) is 0 Å². The summed E-state index contributed by atoms with van der Waals surface area (Å²) in [6.07, 6.45) is 0. The van der Waals surface area contributed by atoms with Gasteiger partial charge >= 0.3 is 0 Å². The minimum atomic E-state index is -0.250. The monoisotopic (exact) mass is 270 g/mol. The van der Waals surface area contributed by atoms with Crippen LogP contribution in [0.2, 0.25) is 0 Å². The van der Waals surface area contributed by atoms with E-state index in [-0.39, 0.29) is 5.38 Å². The first-order valence-corrected chi connectivity index (χ1v) is 6.79. The first-order valence-electron chi connectivity index (χ1n) is 6.35. The molecule has 1 nitrogen and oxygen atoms in total. The molecule has 1 aromatic heterocycles. The molecular weight excluding hydrogens is 256 g/mol. The number of rotatable bonds is 2. The molecule has 0 aliphatic carbocycles. The summed E-state index contributed by atoms with van der Waals surface area (Å²) < 4.78 is 5.67. The molecule has 0 aliphatic heterocycles. The van der Waals surface area contributed by atoms with Crippen molar-refractivity contribution in [1.29, 1.82) is 0 Å². The van der Waals surface area contributed by atoms with Crippen molar-refractivity contribution < 1.29 is 4.42 Å². The Morgan fingerprint density at radius 2 is 1.74 bits per heavy atom. The standard InChI is InChI=1S/C17H15ClO/c1-11-7-9-13-5-3-4-6-14(13)16(11)17(18)15-10-8-12(2)19-15/h3-10,17H,1-2H3. The summed E-state index contributed by atoms with van der Waals surface area (Å²) in [5.41, 5.74) is 2.32. The van der Waals surface area contributed by atoms with Gasteiger partial charge in [-0.05, 0) is 47.9 Å². The van der Waals surface area contributed by atoms with Crippen LogP contribution in [0.4, 0.5) is 0 Å². The lowest BCUT2D eigenvalue weighted by Gasteiger charge is -2.14. The van der Waals surface area contributed by atoms with Gasteiger partial charge in [0.25, 0.3) is 0 Å². The molecule has 96 valence electrons. The molecule has 19 heavy (non-hydrogen) atoms. The van der Waals surface area contributed by atoms with Gasteiger partial charge in [-0.1, -0.05) is 36.4 Å². The molecule has 1 atom stereocenters. The van der Waals surface area contributed by atoms with Gasteiger partial charge in [-0.25, -0.2) is 0 Å². The summed E-state index contributed by atoms with van der Waals surface area (Å²) in [6, 6.07) is 16.5. The Morgan fingerprint density at radius 3 is 2.47 bits per heavy atom. The van der Waals surface area contributed by atoms with Crippen LogP contribution in [-0.2, 0) is 0 Å². The smallest absolute Gasteiger partial charge is 0.126 e. The van der Waals surface area contributed by atoms with Crippen molar-refractivity contribution in [3.63, 3.8) is 0 Å². The molecule has 0 radical (unpaired) electrons. The predicted octanol–water partition coefficient (Wildman–Crippen LogP) is 5.38. The first kappa shape index (κ1) is 12.3. The topological polar surface area (TPSA) is 13.1 Å². The van der Waals surface area contributed by atoms with Crippen LogP contribution in [0, 0.1) is 13.8 Å². The summed E-state index contributed by atoms with van der Waals surface area (Å²) in [4.78, 5) is 0. The van der Waals surface area contributed by atoms with Gasteiger partial charge < -0.3 is 4.42 Å². The van der Waals surface area contributed by atoms with E-state index in [9.17, 15) is 0 Å². The van der Waals surface area contributed by atoms with Crippen molar-refractivity contribution >= 4 is 22.4 Å². The Balaban J connectivity index is 2.21. The maximum Gasteiger partial charge on any atom is 0.126 e. The zero-order valence-electron chi connectivity index (χ0n) is 11.0. The Kier molecular flexibility index (Phi) is 3.08. The maximum atomic E-state index is 6.64. The second-order valence-electron chi connectivity index (χ2n) is 4.83. The average molecular weight is 271 g/mol. The van der Waals surface area contributed by atoms with Crippen molar-refractivity contribution in [1.82, 2.24) is 0 Å². The number of alkyl halides is 1. The molecule has 0 N–H and O–H groups in total. The van der Waals surface area contributed by atoms with E-state index in [0.717, 1.165) is 17.1 Å². The Bertz CT molecular complexity index is 727. The van der Waals surface area contributed by atoms with Gasteiger partial charge in [0.15, 0.2) is 0 Å². The number of benzene rings is 2. The Labute approximate surface area is 117 Å². The van der Waals surface area contributed by atoms with Crippen LogP contribution in [0.5, 0.6) is 0 Å². The molecule has 2 heteroatoms. The molecule has 0 bridgehead atoms. The third kappa shape index (κ3) is 2.15. The van der Waals surface area contributed by atoms with E-state index < -0.39 is 0 Å². The third-order valence-corrected chi connectivity index (χ3v) is 3.89. The summed E-state index contributed by atoms with van der Waals surface area (Å²) >= 11 is 6.64. The molecule has 3 rings (SSSR count). The molecule has 3 aromatic rings. The van der Waals surface area contributed by atoms with E-state index in [0.29, 0.717) is 0 Å². The number of hydrogen-bond acceptors (Lipinski definition) is 1. The first-order chi connectivity index (χ1) is 9.16. The molecule has 0 fully saturated rings. The number of halogens is 1. The van der Waals surface area contributed by atoms with Crippen molar-refractivity contribution in [2.45, 2.75) is 19.2 Å². The quantitative estimate of drug-likeness (QED) is 0.570. The molecular formula is C17H15ClO. The molecule has 0 amide bonds. The summed E-state index contributed by atoms with van der Waals surface area (Å²) in [5, 5.41) is 2.15. The molecule has 0 aliphatic rings. The molecule has 1 unspecified atom stereocenters. The van der Waals surface area contributed by atoms with Gasteiger partial charge in [-0.2, -0.15) is 0 Å². The number of fused-ring (bicyclic) bond motifs is 1. The van der Waals surface area contributed by atoms with E-state index in [4.69, 9.17) is 16.0 Å². The van der Waals surface area contributed by atoms with Crippen LogP contribution >= 0.6 is 11.6 Å². The minimum Gasteiger partial charge on any atom is -0.464 e. The lowest BCUT2D eigenvalue weighted by Crippen LogP contribution is -1.96. The van der Waals surface area contributed by atoms with E-state index >= 15 is 0 Å². The molecule has 0 saturated carbocycles. The van der Waals surface area contributed by atoms with Gasteiger partial charge in [-0.15, -0.1) is 11.6 Å². The molecule has 2 aromatic carbocycles. The fraction of sp³-hybridized carbons (Fsp3) is 0.176. The highest BCUT2D eigenvalue weighted by atomic mass is 35.5. The lowest BCUT2D eigenvalue weighted by molar-refractivity contribution is 0.489. The second-order valence-corrected chi connectivity index (χ2v) is 5.26. The number of aryl methyl sites for hydroxylation is 2. The van der Waals surface area contributed by atoms with Gasteiger partial charge in [0.05, 0.1) is 0 Å². The highest BCUT2D eigenvalue weighted by Gasteiger charge is 2.19. The molecule has 1 heterocycles. The fourth-order valence-corrected chi connectivity index (χ4v) is 2.88. The fourth-order valence-electron chi connectivity index (χ4n) is 2.47. The van der Waals surface area contributed by atoms with Gasteiger partial charge in [0.2, 0.25) is 0 Å². The Morgan fingerprint density at radius 1 is 0.947 bits per heavy atom. The van der Waals surface area contributed by atoms with Crippen molar-refractivity contribution in [2.24, 2.45) is 0 Å². The normalized spacial score (nSPS) is 12.8. The van der Waals surface area contributed by atoms with Gasteiger partial charge in [0, 0.05) is 0 Å². The zero-order valence-corrected chi connectivity index (χ0v) is 11.7. The minimum absolute atomic E-state index is 0.250. The van der Waals surface area contributed by atoms with Crippen molar-refractivity contribution in [3.05, 3.63) is 71.2 Å². The maximum absolute atomic E-state index is 6.64. The van der Waals surface area contributed by atoms with E-state index in [1.54, 1.807) is 0 Å². The van der Waals surface area contributed by atoms with E-state index in [2.05, 4.69) is 31.2 Å². The average Bonchev–Trinajstić information content (AvgIpc) is 2.85. The van der Waals surface area contributed by atoms with Gasteiger partial charge in [-0.3, -0.25) is 0 Å². The molecule has 0 spiro atoms. The third-order valence-electron chi connectivity index (χ3n) is 3.45. The lowest BCUT2D eigenvalue weighted by atomic mass is 9.96. The van der Waals surface area contributed by atoms with Gasteiger partial charge in [0.1, 0.15) is 16.9 Å². The van der Waals surface area contributed by atoms with Crippen LogP contribution in [0.1, 0.15) is 28.0 Å². The van der Waals surface area contributed by atoms with Crippen LogP contribution in [-0.4, -0.2) is 0 Å². The van der Waals surface area contributed by atoms with E-state index in [1.807, 2.05) is 31.2 Å². The highest BCUT2D eigenvalue weighted by molar-refractivity contribution is 6.23. The number of furan rings is 1. The molecule has 0 saturated heterocycles. The second kappa shape index (κ2) is 4.75. The van der Waals surface area contributed by atoms with Crippen LogP contribution in [0.25, 0.3) is 10.8 Å². The summed E-state index contributed by atoms with van der Waals surface area (Å²) in [6.45, 7) is 4.02. The van der Waals surface area contributed by atoms with Crippen molar-refractivity contribution in [3.8, 4) is 0 Å². The summed E-state index contributed by atoms with van der Waals surface area (Å²) in [5.74, 6) is 1.69. The predicted molar refractivity (Wildman–Crippen MR) is 79.8 cm³/mol. The Hall–Kier alpha value is -1.73. The number of hydrogen-bond donors (Lipinski definition) is 0. The van der Waals surface area contributed by atoms with E-state index in [1.165, 1.54) is 16.3 Å². The largest absolute Gasteiger partial charge is 0.464 e.